The van der Waals surface area contributed by atoms with Crippen molar-refractivity contribution in [3.63, 3.8) is 0 Å². The van der Waals surface area contributed by atoms with Gasteiger partial charge in [-0.05, 0) is 44.7 Å². The second-order valence-corrected chi connectivity index (χ2v) is 5.88. The molecule has 2 unspecified atom stereocenters. The van der Waals surface area contributed by atoms with Crippen LogP contribution in [0.1, 0.15) is 57.0 Å². The lowest BCUT2D eigenvalue weighted by molar-refractivity contribution is -0.173. The number of carboxylic acids is 1. The molecule has 0 amide bonds. The lowest BCUT2D eigenvalue weighted by Gasteiger charge is -2.28. The van der Waals surface area contributed by atoms with Gasteiger partial charge in [0.15, 0.2) is 5.60 Å². The Morgan fingerprint density at radius 2 is 2.00 bits per heavy atom. The Bertz CT molecular complexity index is 469. The molecule has 0 aliphatic heterocycles. The molecule has 0 saturated heterocycles. The van der Waals surface area contributed by atoms with E-state index in [9.17, 15) is 15.0 Å². The van der Waals surface area contributed by atoms with Crippen molar-refractivity contribution in [2.24, 2.45) is 0 Å². The van der Waals surface area contributed by atoms with E-state index < -0.39 is 17.7 Å². The van der Waals surface area contributed by atoms with Crippen LogP contribution in [0.5, 0.6) is 0 Å². The molecule has 0 aliphatic carbocycles. The molecule has 6 nitrogen and oxygen atoms in total. The smallest absolute Gasteiger partial charge is 0.338 e. The van der Waals surface area contributed by atoms with E-state index >= 15 is 0 Å². The quantitative estimate of drug-likeness (QED) is 0.510. The third-order valence-corrected chi connectivity index (χ3v) is 3.95. The molecule has 0 bridgehead atoms. The molecule has 2 atom stereocenters. The van der Waals surface area contributed by atoms with Crippen molar-refractivity contribution >= 4 is 5.97 Å². The monoisotopic (exact) mass is 328 g/mol. The highest BCUT2D eigenvalue weighted by molar-refractivity contribution is 5.77. The highest BCUT2D eigenvalue weighted by atomic mass is 16.5. The standard InChI is InChI=1S/C17H28O6/c1-3-15(18)17(21,16(19)20)10-6-4-5-7-11-22-12-14-9-8-13(2)23-14/h8-9,15,18,21H,3-7,10-12H2,1-2H3,(H,19,20). The molecule has 6 heteroatoms. The largest absolute Gasteiger partial charge is 0.479 e. The molecule has 132 valence electrons. The number of aliphatic hydroxyl groups is 2. The number of hydrogen-bond acceptors (Lipinski definition) is 5. The van der Waals surface area contributed by atoms with Crippen LogP contribution < -0.4 is 0 Å². The summed E-state index contributed by atoms with van der Waals surface area (Å²) in [6.07, 6.45) is 2.12. The lowest BCUT2D eigenvalue weighted by Crippen LogP contribution is -2.49. The first-order valence-corrected chi connectivity index (χ1v) is 8.17. The lowest BCUT2D eigenvalue weighted by atomic mass is 9.89. The summed E-state index contributed by atoms with van der Waals surface area (Å²) in [4.78, 5) is 11.1. The predicted octanol–water partition coefficient (Wildman–Crippen LogP) is 2.64. The molecule has 0 radical (unpaired) electrons. The molecule has 0 spiro atoms. The predicted molar refractivity (Wildman–Crippen MR) is 85.1 cm³/mol. The van der Waals surface area contributed by atoms with Crippen molar-refractivity contribution < 1.29 is 29.3 Å². The van der Waals surface area contributed by atoms with Crippen molar-refractivity contribution in [2.45, 2.75) is 70.7 Å². The van der Waals surface area contributed by atoms with Crippen LogP contribution in [0.2, 0.25) is 0 Å². The third-order valence-electron chi connectivity index (χ3n) is 3.95. The van der Waals surface area contributed by atoms with E-state index in [1.54, 1.807) is 6.92 Å². The molecule has 1 rings (SSSR count). The summed E-state index contributed by atoms with van der Waals surface area (Å²) >= 11 is 0. The summed E-state index contributed by atoms with van der Waals surface area (Å²) < 4.78 is 10.9. The van der Waals surface area contributed by atoms with Gasteiger partial charge >= 0.3 is 5.97 Å². The zero-order chi connectivity index (χ0) is 17.3. The van der Waals surface area contributed by atoms with Gasteiger partial charge in [0.25, 0.3) is 0 Å². The fraction of sp³-hybridized carbons (Fsp3) is 0.706. The van der Waals surface area contributed by atoms with Crippen LogP contribution in [0.3, 0.4) is 0 Å². The van der Waals surface area contributed by atoms with E-state index in [1.807, 2.05) is 19.1 Å². The second kappa shape index (κ2) is 9.70. The van der Waals surface area contributed by atoms with Crippen LogP contribution >= 0.6 is 0 Å². The fourth-order valence-corrected chi connectivity index (χ4v) is 2.44. The van der Waals surface area contributed by atoms with E-state index in [0.29, 0.717) is 19.6 Å². The van der Waals surface area contributed by atoms with Gasteiger partial charge in [0.05, 0.1) is 6.10 Å². The van der Waals surface area contributed by atoms with Crippen molar-refractivity contribution in [2.75, 3.05) is 6.61 Å². The molecular formula is C17H28O6. The highest BCUT2D eigenvalue weighted by Crippen LogP contribution is 2.22. The Morgan fingerprint density at radius 3 is 2.57 bits per heavy atom. The number of furan rings is 1. The summed E-state index contributed by atoms with van der Waals surface area (Å²) in [6, 6.07) is 3.79. The van der Waals surface area contributed by atoms with Crippen LogP contribution in [-0.2, 0) is 16.1 Å². The van der Waals surface area contributed by atoms with Crippen molar-refractivity contribution in [3.05, 3.63) is 23.7 Å². The second-order valence-electron chi connectivity index (χ2n) is 5.88. The molecule has 1 heterocycles. The maximum Gasteiger partial charge on any atom is 0.338 e. The molecule has 1 aromatic heterocycles. The molecule has 1 aromatic rings. The van der Waals surface area contributed by atoms with Gasteiger partial charge in [-0.2, -0.15) is 0 Å². The summed E-state index contributed by atoms with van der Waals surface area (Å²) in [5, 5.41) is 28.8. The van der Waals surface area contributed by atoms with Gasteiger partial charge in [-0.15, -0.1) is 0 Å². The number of unbranched alkanes of at least 4 members (excludes halogenated alkanes) is 3. The van der Waals surface area contributed by atoms with E-state index in [0.717, 1.165) is 30.8 Å². The van der Waals surface area contributed by atoms with Gasteiger partial charge in [0.1, 0.15) is 18.1 Å². The zero-order valence-corrected chi connectivity index (χ0v) is 14.0. The van der Waals surface area contributed by atoms with Crippen LogP contribution in [0, 0.1) is 6.92 Å². The Morgan fingerprint density at radius 1 is 1.30 bits per heavy atom. The van der Waals surface area contributed by atoms with Gasteiger partial charge in [0.2, 0.25) is 0 Å². The highest BCUT2D eigenvalue weighted by Gasteiger charge is 2.41. The number of aryl methyl sites for hydroxylation is 1. The average Bonchev–Trinajstić information content (AvgIpc) is 2.93. The van der Waals surface area contributed by atoms with Crippen molar-refractivity contribution in [1.82, 2.24) is 0 Å². The molecule has 0 aliphatic rings. The van der Waals surface area contributed by atoms with Crippen molar-refractivity contribution in [3.8, 4) is 0 Å². The Kier molecular flexibility index (Phi) is 8.30. The van der Waals surface area contributed by atoms with E-state index in [2.05, 4.69) is 0 Å². The van der Waals surface area contributed by atoms with E-state index in [-0.39, 0.29) is 12.8 Å². The first kappa shape index (κ1) is 19.7. The zero-order valence-electron chi connectivity index (χ0n) is 14.0. The first-order chi connectivity index (χ1) is 10.9. The number of aliphatic hydroxyl groups excluding tert-OH is 1. The number of rotatable bonds is 12. The third kappa shape index (κ3) is 6.33. The minimum atomic E-state index is -2.04. The number of aliphatic carboxylic acids is 1. The topological polar surface area (TPSA) is 100 Å². The fourth-order valence-electron chi connectivity index (χ4n) is 2.44. The normalized spacial score (nSPS) is 15.3. The Balaban J connectivity index is 2.11. The van der Waals surface area contributed by atoms with Gasteiger partial charge in [-0.1, -0.05) is 19.8 Å². The van der Waals surface area contributed by atoms with Gasteiger partial charge in [-0.3, -0.25) is 0 Å². The van der Waals surface area contributed by atoms with Crippen LogP contribution in [0.4, 0.5) is 0 Å². The first-order valence-electron chi connectivity index (χ1n) is 8.17. The van der Waals surface area contributed by atoms with Gasteiger partial charge < -0.3 is 24.5 Å². The summed E-state index contributed by atoms with van der Waals surface area (Å²) in [5.74, 6) is 0.315. The molecular weight excluding hydrogens is 300 g/mol. The number of carbonyl (C=O) groups is 1. The van der Waals surface area contributed by atoms with Gasteiger partial charge in [0, 0.05) is 6.61 Å². The summed E-state index contributed by atoms with van der Waals surface area (Å²) in [7, 11) is 0. The minimum absolute atomic E-state index is 0.0594. The van der Waals surface area contributed by atoms with Crippen molar-refractivity contribution in [1.29, 1.82) is 0 Å². The summed E-state index contributed by atoms with van der Waals surface area (Å²) in [6.45, 7) is 4.60. The minimum Gasteiger partial charge on any atom is -0.479 e. The maximum atomic E-state index is 11.1. The number of hydrogen-bond donors (Lipinski definition) is 3. The van der Waals surface area contributed by atoms with Crippen LogP contribution in [0.25, 0.3) is 0 Å². The van der Waals surface area contributed by atoms with Gasteiger partial charge in [-0.25, -0.2) is 4.79 Å². The van der Waals surface area contributed by atoms with E-state index in [1.165, 1.54) is 0 Å². The van der Waals surface area contributed by atoms with Crippen LogP contribution in [0.15, 0.2) is 16.5 Å². The van der Waals surface area contributed by atoms with E-state index in [4.69, 9.17) is 14.3 Å². The molecule has 3 N–H and O–H groups in total. The average molecular weight is 328 g/mol. The number of carboxylic acid groups (broad SMARTS) is 1. The molecule has 0 fully saturated rings. The maximum absolute atomic E-state index is 11.1. The number of ether oxygens (including phenoxy) is 1. The molecule has 23 heavy (non-hydrogen) atoms. The Labute approximate surface area is 137 Å². The summed E-state index contributed by atoms with van der Waals surface area (Å²) in [5.41, 5.74) is -2.04. The van der Waals surface area contributed by atoms with Crippen LogP contribution in [-0.4, -0.2) is 39.6 Å². The molecule has 0 saturated carbocycles. The Hall–Kier alpha value is -1.37. The SMILES string of the molecule is CCC(O)C(O)(CCCCCCOCc1ccc(C)o1)C(=O)O. The molecule has 0 aromatic carbocycles.